The molecule has 0 radical (unpaired) electrons. The van der Waals surface area contributed by atoms with E-state index >= 15 is 0 Å². The molecule has 0 aliphatic heterocycles. The molecule has 2 amide bonds. The molecule has 0 heterocycles. The highest BCUT2D eigenvalue weighted by atomic mass is 35.5. The van der Waals surface area contributed by atoms with Crippen LogP contribution in [0.2, 0.25) is 10.0 Å². The lowest BCUT2D eigenvalue weighted by molar-refractivity contribution is -0.135. The van der Waals surface area contributed by atoms with Gasteiger partial charge >= 0.3 is 0 Å². The molecule has 0 saturated heterocycles. The molecule has 2 aromatic carbocycles. The SMILES string of the molecule is COc1ccc(Cl)cc1NC(=O)CN(C)C(=O)C1(S(=O)(=O)c2ccc(Cl)cc2)CCCC1. The Morgan fingerprint density at radius 3 is 2.25 bits per heavy atom. The highest BCUT2D eigenvalue weighted by molar-refractivity contribution is 7.93. The summed E-state index contributed by atoms with van der Waals surface area (Å²) in [6, 6.07) is 10.5. The molecule has 1 saturated carbocycles. The predicted molar refractivity (Wildman–Crippen MR) is 124 cm³/mol. The van der Waals surface area contributed by atoms with Gasteiger partial charge in [-0.1, -0.05) is 36.0 Å². The van der Waals surface area contributed by atoms with Crippen LogP contribution in [0.25, 0.3) is 0 Å². The van der Waals surface area contributed by atoms with Gasteiger partial charge < -0.3 is 15.0 Å². The lowest BCUT2D eigenvalue weighted by Crippen LogP contribution is -2.52. The Morgan fingerprint density at radius 2 is 1.66 bits per heavy atom. The van der Waals surface area contributed by atoms with E-state index in [1.807, 2.05) is 0 Å². The number of benzene rings is 2. The minimum absolute atomic E-state index is 0.0404. The summed E-state index contributed by atoms with van der Waals surface area (Å²) in [4.78, 5) is 27.2. The van der Waals surface area contributed by atoms with Crippen LogP contribution in [0.1, 0.15) is 25.7 Å². The molecule has 7 nitrogen and oxygen atoms in total. The number of amides is 2. The number of anilines is 1. The monoisotopic (exact) mass is 498 g/mol. The second-order valence-corrected chi connectivity index (χ2v) is 10.8. The van der Waals surface area contributed by atoms with Gasteiger partial charge in [0.1, 0.15) is 5.75 Å². The van der Waals surface area contributed by atoms with E-state index in [9.17, 15) is 18.0 Å². The molecule has 2 aromatic rings. The summed E-state index contributed by atoms with van der Waals surface area (Å²) in [6.45, 7) is -0.327. The van der Waals surface area contributed by atoms with Gasteiger partial charge in [0.15, 0.2) is 14.6 Å². The average Bonchev–Trinajstić information content (AvgIpc) is 3.25. The van der Waals surface area contributed by atoms with Gasteiger partial charge in [-0.2, -0.15) is 0 Å². The van der Waals surface area contributed by atoms with Gasteiger partial charge in [-0.3, -0.25) is 9.59 Å². The Morgan fingerprint density at radius 1 is 1.06 bits per heavy atom. The molecule has 172 valence electrons. The Labute approximate surface area is 197 Å². The van der Waals surface area contributed by atoms with Gasteiger partial charge in [0.2, 0.25) is 11.8 Å². The third kappa shape index (κ3) is 4.72. The number of nitrogens with zero attached hydrogens (tertiary/aromatic N) is 1. The van der Waals surface area contributed by atoms with Crippen LogP contribution in [-0.2, 0) is 19.4 Å². The molecule has 0 aromatic heterocycles. The van der Waals surface area contributed by atoms with E-state index in [1.54, 1.807) is 12.1 Å². The molecule has 1 aliphatic carbocycles. The van der Waals surface area contributed by atoms with Crippen molar-refractivity contribution in [3.05, 3.63) is 52.5 Å². The van der Waals surface area contributed by atoms with Crippen LogP contribution in [0, 0.1) is 0 Å². The fourth-order valence-corrected chi connectivity index (χ4v) is 6.44. The zero-order chi connectivity index (χ0) is 23.5. The van der Waals surface area contributed by atoms with E-state index in [-0.39, 0.29) is 24.3 Å². The van der Waals surface area contributed by atoms with E-state index in [0.29, 0.717) is 34.3 Å². The van der Waals surface area contributed by atoms with Crippen molar-refractivity contribution < 1.29 is 22.7 Å². The smallest absolute Gasteiger partial charge is 0.244 e. The number of halogens is 2. The molecule has 0 bridgehead atoms. The van der Waals surface area contributed by atoms with E-state index in [4.69, 9.17) is 27.9 Å². The lowest BCUT2D eigenvalue weighted by Gasteiger charge is -2.32. The maximum absolute atomic E-state index is 13.5. The average molecular weight is 499 g/mol. The standard InChI is InChI=1S/C22H24Cl2N2O5S/c1-26(14-20(27)25-18-13-16(24)7-10-19(18)31-2)21(28)22(11-3-4-12-22)32(29,30)17-8-5-15(23)6-9-17/h5-10,13H,3-4,11-12,14H2,1-2H3,(H,25,27). The fourth-order valence-electron chi connectivity index (χ4n) is 3.99. The van der Waals surface area contributed by atoms with Crippen LogP contribution in [0.5, 0.6) is 5.75 Å². The van der Waals surface area contributed by atoms with Crippen LogP contribution >= 0.6 is 23.2 Å². The summed E-state index contributed by atoms with van der Waals surface area (Å²) in [7, 11) is -1.11. The minimum Gasteiger partial charge on any atom is -0.495 e. The van der Waals surface area contributed by atoms with Gasteiger partial charge in [-0.15, -0.1) is 0 Å². The van der Waals surface area contributed by atoms with Crippen LogP contribution in [-0.4, -0.2) is 50.6 Å². The van der Waals surface area contributed by atoms with Gasteiger partial charge in [-0.25, -0.2) is 8.42 Å². The van der Waals surface area contributed by atoms with Crippen molar-refractivity contribution in [1.82, 2.24) is 4.90 Å². The summed E-state index contributed by atoms with van der Waals surface area (Å²) in [6.07, 6.45) is 1.62. The second-order valence-electron chi connectivity index (χ2n) is 7.71. The summed E-state index contributed by atoms with van der Waals surface area (Å²) < 4.78 is 30.6. The van der Waals surface area contributed by atoms with Gasteiger partial charge in [-0.05, 0) is 55.3 Å². The fraction of sp³-hybridized carbons (Fsp3) is 0.364. The van der Waals surface area contributed by atoms with Gasteiger partial charge in [0.05, 0.1) is 24.2 Å². The Balaban J connectivity index is 1.81. The van der Waals surface area contributed by atoms with E-state index in [1.165, 1.54) is 44.5 Å². The summed E-state index contributed by atoms with van der Waals surface area (Å²) in [5, 5.41) is 3.47. The molecular weight excluding hydrogens is 475 g/mol. The first kappa shape index (κ1) is 24.4. The quantitative estimate of drug-likeness (QED) is 0.617. The number of likely N-dealkylation sites (N-methyl/N-ethyl adjacent to an activating group) is 1. The topological polar surface area (TPSA) is 92.8 Å². The molecule has 3 rings (SSSR count). The first-order chi connectivity index (χ1) is 15.1. The maximum Gasteiger partial charge on any atom is 0.244 e. The summed E-state index contributed by atoms with van der Waals surface area (Å²) in [5.41, 5.74) is 0.357. The van der Waals surface area contributed by atoms with Gasteiger partial charge in [0.25, 0.3) is 0 Å². The highest BCUT2D eigenvalue weighted by Crippen LogP contribution is 2.42. The number of carbonyl (C=O) groups excluding carboxylic acids is 2. The number of carbonyl (C=O) groups is 2. The van der Waals surface area contributed by atoms with Crippen LogP contribution in [0.3, 0.4) is 0 Å². The second kappa shape index (κ2) is 9.68. The predicted octanol–water partition coefficient (Wildman–Crippen LogP) is 4.19. The number of methoxy groups -OCH3 is 1. The van der Waals surface area contributed by atoms with E-state index in [2.05, 4.69) is 5.32 Å². The van der Waals surface area contributed by atoms with Crippen molar-refractivity contribution in [2.75, 3.05) is 26.0 Å². The molecular formula is C22H24Cl2N2O5S. The zero-order valence-corrected chi connectivity index (χ0v) is 20.1. The number of sulfone groups is 1. The van der Waals surface area contributed by atoms with Crippen LogP contribution in [0.4, 0.5) is 5.69 Å². The van der Waals surface area contributed by atoms with E-state index < -0.39 is 26.4 Å². The molecule has 1 aliphatic rings. The molecule has 0 atom stereocenters. The Hall–Kier alpha value is -2.29. The number of ether oxygens (including phenoxy) is 1. The number of nitrogens with one attached hydrogen (secondary N) is 1. The normalized spacial score (nSPS) is 15.2. The number of rotatable bonds is 7. The highest BCUT2D eigenvalue weighted by Gasteiger charge is 2.54. The maximum atomic E-state index is 13.5. The first-order valence-electron chi connectivity index (χ1n) is 10.00. The van der Waals surface area contributed by atoms with Crippen molar-refractivity contribution in [2.45, 2.75) is 35.3 Å². The summed E-state index contributed by atoms with van der Waals surface area (Å²) >= 11 is 11.9. The molecule has 1 N–H and O–H groups in total. The molecule has 10 heteroatoms. The van der Waals surface area contributed by atoms with E-state index in [0.717, 1.165) is 4.90 Å². The molecule has 32 heavy (non-hydrogen) atoms. The Bertz CT molecular complexity index is 1110. The van der Waals surface area contributed by atoms with Crippen molar-refractivity contribution in [2.24, 2.45) is 0 Å². The van der Waals surface area contributed by atoms with Crippen molar-refractivity contribution >= 4 is 50.5 Å². The van der Waals surface area contributed by atoms with Crippen molar-refractivity contribution in [3.8, 4) is 5.75 Å². The third-order valence-corrected chi connectivity index (χ3v) is 8.59. The van der Waals surface area contributed by atoms with Crippen LogP contribution in [0.15, 0.2) is 47.4 Å². The minimum atomic E-state index is -3.99. The van der Waals surface area contributed by atoms with Crippen LogP contribution < -0.4 is 10.1 Å². The zero-order valence-electron chi connectivity index (χ0n) is 17.7. The summed E-state index contributed by atoms with van der Waals surface area (Å²) in [5.74, 6) is -0.689. The number of hydrogen-bond acceptors (Lipinski definition) is 5. The number of hydrogen-bond donors (Lipinski definition) is 1. The molecule has 0 spiro atoms. The van der Waals surface area contributed by atoms with Crippen molar-refractivity contribution in [1.29, 1.82) is 0 Å². The van der Waals surface area contributed by atoms with Gasteiger partial charge in [0, 0.05) is 17.1 Å². The lowest BCUT2D eigenvalue weighted by atomic mass is 10.1. The Kier molecular flexibility index (Phi) is 7.37. The third-order valence-electron chi connectivity index (χ3n) is 5.60. The van der Waals surface area contributed by atoms with Crippen molar-refractivity contribution in [3.63, 3.8) is 0 Å². The largest absolute Gasteiger partial charge is 0.495 e. The molecule has 0 unspecified atom stereocenters. The first-order valence-corrected chi connectivity index (χ1v) is 12.2. The molecule has 1 fully saturated rings.